The normalized spacial score (nSPS) is 29.6. The first kappa shape index (κ1) is 10.5. The lowest BCUT2D eigenvalue weighted by Crippen LogP contribution is -2.41. The quantitative estimate of drug-likeness (QED) is 0.586. The van der Waals surface area contributed by atoms with E-state index >= 15 is 0 Å². The SMILES string of the molecule is C[C@H]1C[C@](C=N)(c2ccc(Cl)c(N)c2)C1. The highest BCUT2D eigenvalue weighted by Crippen LogP contribution is 2.46. The third-order valence-electron chi connectivity index (χ3n) is 3.27. The van der Waals surface area contributed by atoms with Gasteiger partial charge in [-0.15, -0.1) is 0 Å². The average molecular weight is 223 g/mol. The van der Waals surface area contributed by atoms with Crippen LogP contribution in [0.2, 0.25) is 5.02 Å². The second-order valence-corrected chi connectivity index (χ2v) is 4.96. The summed E-state index contributed by atoms with van der Waals surface area (Å²) in [6.45, 7) is 2.21. The van der Waals surface area contributed by atoms with E-state index in [2.05, 4.69) is 6.92 Å². The van der Waals surface area contributed by atoms with E-state index in [4.69, 9.17) is 22.7 Å². The van der Waals surface area contributed by atoms with Crippen LogP contribution < -0.4 is 5.73 Å². The van der Waals surface area contributed by atoms with Crippen LogP contribution in [-0.4, -0.2) is 6.21 Å². The summed E-state index contributed by atoms with van der Waals surface area (Å²) in [5.74, 6) is 0.698. The number of nitrogen functional groups attached to an aromatic ring is 1. The van der Waals surface area contributed by atoms with Crippen LogP contribution in [0.25, 0.3) is 0 Å². The van der Waals surface area contributed by atoms with Gasteiger partial charge < -0.3 is 11.1 Å². The molecule has 1 aromatic carbocycles. The number of hydrogen-bond acceptors (Lipinski definition) is 2. The third-order valence-corrected chi connectivity index (χ3v) is 3.62. The molecule has 1 aromatic rings. The van der Waals surface area contributed by atoms with Gasteiger partial charge in [0.1, 0.15) is 0 Å². The molecular formula is C12H15ClN2. The summed E-state index contributed by atoms with van der Waals surface area (Å²) >= 11 is 5.88. The maximum absolute atomic E-state index is 7.56. The van der Waals surface area contributed by atoms with Crippen LogP contribution >= 0.6 is 11.6 Å². The van der Waals surface area contributed by atoms with Crippen molar-refractivity contribution >= 4 is 23.5 Å². The fourth-order valence-electron chi connectivity index (χ4n) is 2.47. The summed E-state index contributed by atoms with van der Waals surface area (Å²) in [5, 5.41) is 8.15. The van der Waals surface area contributed by atoms with Crippen molar-refractivity contribution in [3.8, 4) is 0 Å². The first-order valence-electron chi connectivity index (χ1n) is 5.14. The molecular weight excluding hydrogens is 208 g/mol. The van der Waals surface area contributed by atoms with Gasteiger partial charge in [-0.3, -0.25) is 0 Å². The Hall–Kier alpha value is -1.02. The van der Waals surface area contributed by atoms with Crippen LogP contribution in [0.1, 0.15) is 25.3 Å². The van der Waals surface area contributed by atoms with E-state index in [1.165, 1.54) is 0 Å². The Morgan fingerprint density at radius 1 is 1.53 bits per heavy atom. The molecule has 0 saturated heterocycles. The van der Waals surface area contributed by atoms with Gasteiger partial charge in [-0.25, -0.2) is 0 Å². The van der Waals surface area contributed by atoms with Crippen LogP contribution in [0.4, 0.5) is 5.69 Å². The number of benzene rings is 1. The molecule has 0 heterocycles. The number of nitrogens with two attached hydrogens (primary N) is 1. The molecule has 2 nitrogen and oxygen atoms in total. The first-order valence-corrected chi connectivity index (χ1v) is 5.52. The molecule has 0 bridgehead atoms. The monoisotopic (exact) mass is 222 g/mol. The summed E-state index contributed by atoms with van der Waals surface area (Å²) in [6, 6.07) is 5.70. The van der Waals surface area contributed by atoms with Crippen molar-refractivity contribution in [2.75, 3.05) is 5.73 Å². The van der Waals surface area contributed by atoms with E-state index in [1.807, 2.05) is 18.2 Å². The maximum Gasteiger partial charge on any atom is 0.0635 e. The van der Waals surface area contributed by atoms with Gasteiger partial charge in [0.05, 0.1) is 10.7 Å². The summed E-state index contributed by atoms with van der Waals surface area (Å²) in [5.41, 5.74) is 7.42. The molecule has 0 spiro atoms. The molecule has 2 rings (SSSR count). The van der Waals surface area contributed by atoms with Crippen molar-refractivity contribution in [1.29, 1.82) is 5.41 Å². The third kappa shape index (κ3) is 1.63. The van der Waals surface area contributed by atoms with E-state index in [9.17, 15) is 0 Å². The van der Waals surface area contributed by atoms with Gasteiger partial charge in [0.15, 0.2) is 0 Å². The molecule has 3 N–H and O–H groups in total. The molecule has 1 fully saturated rings. The van der Waals surface area contributed by atoms with Gasteiger partial charge in [0, 0.05) is 11.6 Å². The van der Waals surface area contributed by atoms with E-state index in [0.29, 0.717) is 16.6 Å². The van der Waals surface area contributed by atoms with Gasteiger partial charge in [-0.1, -0.05) is 24.6 Å². The standard InChI is InChI=1S/C12H15ClN2/c1-8-5-12(6-8,7-14)9-2-3-10(13)11(15)4-9/h2-4,7-8,14H,5-6,15H2,1H3/t8-,12-. The zero-order valence-corrected chi connectivity index (χ0v) is 9.51. The van der Waals surface area contributed by atoms with Gasteiger partial charge in [0.2, 0.25) is 0 Å². The lowest BCUT2D eigenvalue weighted by atomic mass is 9.60. The fourth-order valence-corrected chi connectivity index (χ4v) is 2.59. The minimum Gasteiger partial charge on any atom is -0.398 e. The van der Waals surface area contributed by atoms with Crippen LogP contribution in [0.5, 0.6) is 0 Å². The Balaban J connectivity index is 2.36. The van der Waals surface area contributed by atoms with Crippen LogP contribution in [0.3, 0.4) is 0 Å². The van der Waals surface area contributed by atoms with Crippen molar-refractivity contribution in [1.82, 2.24) is 0 Å². The highest BCUT2D eigenvalue weighted by Gasteiger charge is 2.41. The molecule has 0 aliphatic heterocycles. The van der Waals surface area contributed by atoms with Crippen molar-refractivity contribution in [2.24, 2.45) is 5.92 Å². The predicted octanol–water partition coefficient (Wildman–Crippen LogP) is 3.24. The van der Waals surface area contributed by atoms with Crippen molar-refractivity contribution in [2.45, 2.75) is 25.2 Å². The largest absolute Gasteiger partial charge is 0.398 e. The maximum atomic E-state index is 7.56. The van der Waals surface area contributed by atoms with Crippen molar-refractivity contribution in [3.05, 3.63) is 28.8 Å². The van der Waals surface area contributed by atoms with E-state index in [0.717, 1.165) is 18.4 Å². The van der Waals surface area contributed by atoms with Gasteiger partial charge >= 0.3 is 0 Å². The van der Waals surface area contributed by atoms with E-state index in [-0.39, 0.29) is 5.41 Å². The van der Waals surface area contributed by atoms with Gasteiger partial charge in [-0.2, -0.15) is 0 Å². The topological polar surface area (TPSA) is 49.9 Å². The summed E-state index contributed by atoms with van der Waals surface area (Å²) < 4.78 is 0. The Kier molecular flexibility index (Phi) is 2.47. The molecule has 15 heavy (non-hydrogen) atoms. The molecule has 1 saturated carbocycles. The number of anilines is 1. The summed E-state index contributed by atoms with van der Waals surface area (Å²) in [4.78, 5) is 0. The Morgan fingerprint density at radius 3 is 2.67 bits per heavy atom. The molecule has 80 valence electrons. The van der Waals surface area contributed by atoms with Crippen molar-refractivity contribution < 1.29 is 0 Å². The van der Waals surface area contributed by atoms with Gasteiger partial charge in [-0.05, 0) is 36.5 Å². The van der Waals surface area contributed by atoms with Gasteiger partial charge in [0.25, 0.3) is 0 Å². The highest BCUT2D eigenvalue weighted by atomic mass is 35.5. The second kappa shape index (κ2) is 3.53. The van der Waals surface area contributed by atoms with Crippen molar-refractivity contribution in [3.63, 3.8) is 0 Å². The molecule has 0 radical (unpaired) electrons. The molecule has 1 aliphatic rings. The summed E-state index contributed by atoms with van der Waals surface area (Å²) in [7, 11) is 0. The smallest absolute Gasteiger partial charge is 0.0635 e. The second-order valence-electron chi connectivity index (χ2n) is 4.55. The predicted molar refractivity (Wildman–Crippen MR) is 64.7 cm³/mol. The molecule has 1 aliphatic carbocycles. The lowest BCUT2D eigenvalue weighted by Gasteiger charge is -2.44. The zero-order valence-electron chi connectivity index (χ0n) is 8.76. The van der Waals surface area contributed by atoms with E-state index in [1.54, 1.807) is 6.21 Å². The molecule has 0 aromatic heterocycles. The highest BCUT2D eigenvalue weighted by molar-refractivity contribution is 6.33. The van der Waals surface area contributed by atoms with E-state index < -0.39 is 0 Å². The first-order chi connectivity index (χ1) is 7.07. The van der Waals surface area contributed by atoms with Crippen LogP contribution in [0.15, 0.2) is 18.2 Å². The molecule has 3 heteroatoms. The number of rotatable bonds is 2. The van der Waals surface area contributed by atoms with Crippen LogP contribution in [-0.2, 0) is 5.41 Å². The minimum atomic E-state index is -0.0852. The zero-order chi connectivity index (χ0) is 11.1. The molecule has 0 unspecified atom stereocenters. The number of nitrogens with one attached hydrogen (secondary N) is 1. The Bertz CT molecular complexity index is 395. The fraction of sp³-hybridized carbons (Fsp3) is 0.417. The number of halogens is 1. The Morgan fingerprint density at radius 2 is 2.20 bits per heavy atom. The van der Waals surface area contributed by atoms with Crippen LogP contribution in [0, 0.1) is 11.3 Å². The minimum absolute atomic E-state index is 0.0852. The molecule has 0 amide bonds. The lowest BCUT2D eigenvalue weighted by molar-refractivity contribution is 0.234. The Labute approximate surface area is 94.9 Å². The summed E-state index contributed by atoms with van der Waals surface area (Å²) in [6.07, 6.45) is 3.63. The number of hydrogen-bond donors (Lipinski definition) is 2. The average Bonchev–Trinajstić information content (AvgIpc) is 2.17. The molecule has 0 atom stereocenters.